The van der Waals surface area contributed by atoms with Crippen molar-refractivity contribution in [2.24, 2.45) is 0 Å². The molecule has 7 rings (SSSR count). The fourth-order valence-electron chi connectivity index (χ4n) is 6.77. The fraction of sp³-hybridized carbons (Fsp3) is 0.351. The minimum Gasteiger partial charge on any atom is -0.494 e. The summed E-state index contributed by atoms with van der Waals surface area (Å²) in [5.74, 6) is 1.34. The van der Waals surface area contributed by atoms with E-state index in [0.717, 1.165) is 72.6 Å². The van der Waals surface area contributed by atoms with Gasteiger partial charge in [-0.05, 0) is 56.0 Å². The molecule has 0 aliphatic carbocycles. The summed E-state index contributed by atoms with van der Waals surface area (Å²) in [7, 11) is 1.62. The van der Waals surface area contributed by atoms with E-state index in [9.17, 15) is 9.90 Å². The highest BCUT2D eigenvalue weighted by Gasteiger charge is 2.31. The van der Waals surface area contributed by atoms with Crippen LogP contribution in [0.3, 0.4) is 0 Å². The number of anilines is 4. The molecule has 0 spiro atoms. The van der Waals surface area contributed by atoms with Crippen molar-refractivity contribution in [3.05, 3.63) is 73.4 Å². The SMILES string of the molecule is C=CC(=O)Nc1cc(Nc2nccc(-c3[nH]c(CCCO)nc3-c3ccc4ccoc4c3)n2)c(OC)cc1N1CCCCC1N1CCOCC1. The van der Waals surface area contributed by atoms with E-state index in [1.165, 1.54) is 6.08 Å². The summed E-state index contributed by atoms with van der Waals surface area (Å²) >= 11 is 0. The van der Waals surface area contributed by atoms with Crippen LogP contribution in [0.25, 0.3) is 33.6 Å². The minimum absolute atomic E-state index is 0.0623. The maximum atomic E-state index is 12.7. The molecule has 1 amide bonds. The summed E-state index contributed by atoms with van der Waals surface area (Å²) in [5.41, 5.74) is 5.78. The number of hydrogen-bond donors (Lipinski definition) is 4. The smallest absolute Gasteiger partial charge is 0.247 e. The first-order valence-corrected chi connectivity index (χ1v) is 17.1. The number of aliphatic hydroxyl groups is 1. The number of carbonyl (C=O) groups excluding carboxylic acids is 1. The van der Waals surface area contributed by atoms with Crippen molar-refractivity contribution in [3.8, 4) is 28.4 Å². The third kappa shape index (κ3) is 7.06. The molecule has 5 aromatic rings. The second-order valence-electron chi connectivity index (χ2n) is 12.4. The topological polar surface area (TPSA) is 154 Å². The number of aromatic amines is 1. The van der Waals surface area contributed by atoms with Gasteiger partial charge in [-0.2, -0.15) is 0 Å². The van der Waals surface area contributed by atoms with Crippen LogP contribution in [0.5, 0.6) is 5.75 Å². The van der Waals surface area contributed by atoms with Gasteiger partial charge in [-0.3, -0.25) is 9.69 Å². The Kier molecular flexibility index (Phi) is 10.1. The fourth-order valence-corrected chi connectivity index (χ4v) is 6.77. The second kappa shape index (κ2) is 15.1. The van der Waals surface area contributed by atoms with Crippen LogP contribution in [0.4, 0.5) is 23.0 Å². The summed E-state index contributed by atoms with van der Waals surface area (Å²) in [6, 6.07) is 13.5. The number of amides is 1. The van der Waals surface area contributed by atoms with Crippen LogP contribution in [0.2, 0.25) is 0 Å². The molecule has 2 aliphatic rings. The van der Waals surface area contributed by atoms with Gasteiger partial charge in [0.2, 0.25) is 11.9 Å². The van der Waals surface area contributed by atoms with Crippen LogP contribution in [0, 0.1) is 0 Å². The van der Waals surface area contributed by atoms with Crippen LogP contribution in [0.15, 0.2) is 72.0 Å². The number of furan rings is 1. The molecule has 13 heteroatoms. The van der Waals surface area contributed by atoms with Gasteiger partial charge in [0.1, 0.15) is 17.2 Å². The zero-order chi connectivity index (χ0) is 34.5. The number of morpholine rings is 1. The molecule has 1 atom stereocenters. The van der Waals surface area contributed by atoms with E-state index in [-0.39, 0.29) is 18.7 Å². The normalized spacial score (nSPS) is 16.8. The molecule has 5 heterocycles. The van der Waals surface area contributed by atoms with E-state index >= 15 is 0 Å². The van der Waals surface area contributed by atoms with Crippen molar-refractivity contribution in [2.45, 2.75) is 38.3 Å². The summed E-state index contributed by atoms with van der Waals surface area (Å²) in [4.78, 5) is 35.3. The number of aromatic nitrogens is 4. The Hall–Kier alpha value is -5.24. The van der Waals surface area contributed by atoms with Crippen LogP contribution in [-0.2, 0) is 16.0 Å². The Labute approximate surface area is 290 Å². The number of piperidine rings is 1. The molecular weight excluding hydrogens is 636 g/mol. The zero-order valence-electron chi connectivity index (χ0n) is 28.2. The highest BCUT2D eigenvalue weighted by Crippen LogP contribution is 2.41. The quantitative estimate of drug-likeness (QED) is 0.120. The largest absolute Gasteiger partial charge is 0.494 e. The van der Waals surface area contributed by atoms with E-state index in [2.05, 4.69) is 37.0 Å². The maximum absolute atomic E-state index is 12.7. The van der Waals surface area contributed by atoms with E-state index < -0.39 is 0 Å². The molecule has 2 aliphatic heterocycles. The summed E-state index contributed by atoms with van der Waals surface area (Å²) in [5, 5.41) is 16.8. The number of methoxy groups -OCH3 is 1. The van der Waals surface area contributed by atoms with Crippen LogP contribution in [0.1, 0.15) is 31.5 Å². The number of rotatable bonds is 12. The first-order valence-electron chi connectivity index (χ1n) is 17.1. The van der Waals surface area contributed by atoms with Crippen molar-refractivity contribution in [2.75, 3.05) is 62.1 Å². The molecule has 50 heavy (non-hydrogen) atoms. The van der Waals surface area contributed by atoms with E-state index in [0.29, 0.717) is 60.5 Å². The van der Waals surface area contributed by atoms with E-state index in [4.69, 9.17) is 23.9 Å². The first kappa shape index (κ1) is 33.3. The molecule has 0 bridgehead atoms. The Morgan fingerprint density at radius 1 is 1.12 bits per heavy atom. The van der Waals surface area contributed by atoms with E-state index in [1.54, 1.807) is 19.6 Å². The number of fused-ring (bicyclic) bond motifs is 1. The van der Waals surface area contributed by atoms with Crippen LogP contribution in [-0.4, -0.2) is 88.6 Å². The van der Waals surface area contributed by atoms with Gasteiger partial charge in [0.25, 0.3) is 0 Å². The monoisotopic (exact) mass is 678 g/mol. The third-order valence-electron chi connectivity index (χ3n) is 9.22. The number of benzene rings is 2. The van der Waals surface area contributed by atoms with Crippen molar-refractivity contribution >= 4 is 39.9 Å². The molecule has 0 saturated carbocycles. The number of nitrogens with zero attached hydrogens (tertiary/aromatic N) is 5. The Morgan fingerprint density at radius 3 is 2.82 bits per heavy atom. The molecule has 2 fully saturated rings. The molecule has 1 unspecified atom stereocenters. The average Bonchev–Trinajstić information content (AvgIpc) is 3.82. The Morgan fingerprint density at radius 2 is 2.00 bits per heavy atom. The standard InChI is InChI=1S/C37H42N8O5/c1-3-33(47)39-27-22-28(31(48-2)23-29(27)45-14-5-4-8-34(45)44-15-19-49-20-16-44)41-37-38-13-11-26(40-37)36-35(42-32(43-36)7-6-17-46)25-10-9-24-12-18-50-30(24)21-25/h3,9-13,18,21-23,34,46H,1,4-8,14-17,19-20H2,2H3,(H,39,47)(H,42,43)(H,38,40,41). The zero-order valence-corrected chi connectivity index (χ0v) is 28.2. The van der Waals surface area contributed by atoms with Crippen LogP contribution >= 0.6 is 0 Å². The number of H-pyrrole nitrogens is 1. The van der Waals surface area contributed by atoms with Gasteiger partial charge >= 0.3 is 0 Å². The summed E-state index contributed by atoms with van der Waals surface area (Å²) in [6.07, 6.45) is 9.14. The van der Waals surface area contributed by atoms with Gasteiger partial charge in [-0.25, -0.2) is 15.0 Å². The highest BCUT2D eigenvalue weighted by atomic mass is 16.5. The first-order chi connectivity index (χ1) is 24.5. The Bertz CT molecular complexity index is 1970. The number of imidazole rings is 1. The van der Waals surface area contributed by atoms with Crippen molar-refractivity contribution < 1.29 is 23.8 Å². The van der Waals surface area contributed by atoms with Crippen molar-refractivity contribution in [3.63, 3.8) is 0 Å². The average molecular weight is 679 g/mol. The molecule has 2 aromatic carbocycles. The molecule has 13 nitrogen and oxygen atoms in total. The number of nitrogens with one attached hydrogen (secondary N) is 3. The minimum atomic E-state index is -0.308. The summed E-state index contributed by atoms with van der Waals surface area (Å²) in [6.45, 7) is 7.72. The molecule has 0 radical (unpaired) electrons. The lowest BCUT2D eigenvalue weighted by Crippen LogP contribution is -2.54. The van der Waals surface area contributed by atoms with Crippen molar-refractivity contribution in [1.82, 2.24) is 24.8 Å². The summed E-state index contributed by atoms with van der Waals surface area (Å²) < 4.78 is 17.2. The maximum Gasteiger partial charge on any atom is 0.247 e. The van der Waals surface area contributed by atoms with Gasteiger partial charge in [0.05, 0.1) is 66.9 Å². The lowest BCUT2D eigenvalue weighted by Gasteiger charge is -2.45. The van der Waals surface area contributed by atoms with Gasteiger partial charge in [0, 0.05) is 55.9 Å². The number of hydrogen-bond acceptors (Lipinski definition) is 11. The number of aliphatic hydroxyl groups excluding tert-OH is 1. The lowest BCUT2D eigenvalue weighted by molar-refractivity contribution is -0.111. The van der Waals surface area contributed by atoms with Gasteiger partial charge in [-0.1, -0.05) is 18.7 Å². The van der Waals surface area contributed by atoms with Gasteiger partial charge < -0.3 is 39.5 Å². The third-order valence-corrected chi connectivity index (χ3v) is 9.22. The lowest BCUT2D eigenvalue weighted by atomic mass is 10.0. The van der Waals surface area contributed by atoms with Gasteiger partial charge in [0.15, 0.2) is 0 Å². The Balaban J connectivity index is 1.24. The number of aryl methyl sites for hydroxylation is 1. The van der Waals surface area contributed by atoms with Gasteiger partial charge in [-0.15, -0.1) is 0 Å². The molecule has 260 valence electrons. The predicted octanol–water partition coefficient (Wildman–Crippen LogP) is 5.73. The molecule has 2 saturated heterocycles. The second-order valence-corrected chi connectivity index (χ2v) is 12.4. The predicted molar refractivity (Wildman–Crippen MR) is 193 cm³/mol. The van der Waals surface area contributed by atoms with Crippen molar-refractivity contribution in [1.29, 1.82) is 0 Å². The number of carbonyl (C=O) groups is 1. The number of ether oxygens (including phenoxy) is 2. The molecule has 3 aromatic heterocycles. The molecule has 4 N–H and O–H groups in total. The molecular formula is C37H42N8O5. The highest BCUT2D eigenvalue weighted by molar-refractivity contribution is 6.02. The van der Waals surface area contributed by atoms with Crippen LogP contribution < -0.4 is 20.3 Å². The van der Waals surface area contributed by atoms with E-state index in [1.807, 2.05) is 42.5 Å².